The van der Waals surface area contributed by atoms with Crippen molar-refractivity contribution in [1.29, 1.82) is 0 Å². The lowest BCUT2D eigenvalue weighted by Gasteiger charge is -2.36. The molecule has 1 N–H and O–H groups in total. The highest BCUT2D eigenvalue weighted by atomic mass is 19.1. The Kier molecular flexibility index (Phi) is 6.72. The Hall–Kier alpha value is -3.21. The van der Waals surface area contributed by atoms with Gasteiger partial charge >= 0.3 is 12.1 Å². The van der Waals surface area contributed by atoms with Gasteiger partial charge in [-0.05, 0) is 40.5 Å². The molecule has 2 aliphatic rings. The molecule has 35 heavy (non-hydrogen) atoms. The fourth-order valence-electron chi connectivity index (χ4n) is 4.17. The first-order chi connectivity index (χ1) is 16.6. The fourth-order valence-corrected chi connectivity index (χ4v) is 4.17. The average molecular weight is 491 g/mol. The lowest BCUT2D eigenvalue weighted by Crippen LogP contribution is -2.50. The number of halogens is 1. The number of anilines is 1. The number of fused-ring (bicyclic) bond motifs is 1. The zero-order chi connectivity index (χ0) is 25.5. The highest BCUT2D eigenvalue weighted by molar-refractivity contribution is 5.94. The van der Waals surface area contributed by atoms with Gasteiger partial charge in [-0.2, -0.15) is 0 Å². The number of rotatable bonds is 5. The van der Waals surface area contributed by atoms with Gasteiger partial charge in [0.2, 0.25) is 5.43 Å². The number of ether oxygens (including phenoxy) is 2. The Bertz CT molecular complexity index is 1210. The Morgan fingerprint density at radius 1 is 1.20 bits per heavy atom. The molecule has 2 aromatic heterocycles. The SMILES string of the molecule is CCOC(=O)c1cn(C2CC2)c2nc(N3CCN(C(=O)OC(C)(C)C)CC3)c(F)c(CO)c2c1=O. The van der Waals surface area contributed by atoms with E-state index in [0.717, 1.165) is 12.8 Å². The Labute approximate surface area is 202 Å². The summed E-state index contributed by atoms with van der Waals surface area (Å²) in [6.45, 7) is 7.57. The van der Waals surface area contributed by atoms with Crippen LogP contribution in [0, 0.1) is 5.82 Å². The molecule has 190 valence electrons. The van der Waals surface area contributed by atoms with Gasteiger partial charge < -0.3 is 28.9 Å². The number of amides is 1. The summed E-state index contributed by atoms with van der Waals surface area (Å²) in [5, 5.41) is 9.93. The second-order valence-corrected chi connectivity index (χ2v) is 9.77. The first-order valence-electron chi connectivity index (χ1n) is 11.8. The second-order valence-electron chi connectivity index (χ2n) is 9.77. The molecule has 0 spiro atoms. The van der Waals surface area contributed by atoms with E-state index in [4.69, 9.17) is 9.47 Å². The molecule has 1 saturated carbocycles. The molecule has 1 saturated heterocycles. The normalized spacial score (nSPS) is 16.5. The van der Waals surface area contributed by atoms with Crippen LogP contribution in [0.1, 0.15) is 62.5 Å². The first-order valence-corrected chi connectivity index (χ1v) is 11.8. The van der Waals surface area contributed by atoms with Crippen molar-refractivity contribution in [3.8, 4) is 0 Å². The molecule has 0 unspecified atom stereocenters. The number of aromatic nitrogens is 2. The Balaban J connectivity index is 1.73. The summed E-state index contributed by atoms with van der Waals surface area (Å²) >= 11 is 0. The lowest BCUT2D eigenvalue weighted by atomic mass is 10.1. The summed E-state index contributed by atoms with van der Waals surface area (Å²) in [7, 11) is 0. The van der Waals surface area contributed by atoms with Crippen LogP contribution in [0.2, 0.25) is 0 Å². The number of nitrogens with zero attached hydrogens (tertiary/aromatic N) is 4. The summed E-state index contributed by atoms with van der Waals surface area (Å²) in [5.41, 5.74) is -1.52. The van der Waals surface area contributed by atoms with Crippen molar-refractivity contribution in [3.05, 3.63) is 33.4 Å². The molecule has 4 rings (SSSR count). The number of carbonyl (C=O) groups is 2. The van der Waals surface area contributed by atoms with Crippen LogP contribution in [-0.2, 0) is 16.1 Å². The minimum atomic E-state index is -0.814. The van der Waals surface area contributed by atoms with Gasteiger partial charge in [-0.3, -0.25) is 4.79 Å². The van der Waals surface area contributed by atoms with E-state index < -0.39 is 35.5 Å². The minimum Gasteiger partial charge on any atom is -0.462 e. The summed E-state index contributed by atoms with van der Waals surface area (Å²) in [6.07, 6.45) is 2.65. The van der Waals surface area contributed by atoms with Crippen LogP contribution in [0.15, 0.2) is 11.0 Å². The van der Waals surface area contributed by atoms with Gasteiger partial charge in [-0.15, -0.1) is 0 Å². The molecule has 3 heterocycles. The number of piperazine rings is 1. The minimum absolute atomic E-state index is 0.00285. The van der Waals surface area contributed by atoms with Gasteiger partial charge in [0.05, 0.1) is 18.6 Å². The Morgan fingerprint density at radius 2 is 1.86 bits per heavy atom. The second kappa shape index (κ2) is 9.44. The number of hydrogen-bond acceptors (Lipinski definition) is 8. The molecule has 11 heteroatoms. The highest BCUT2D eigenvalue weighted by Gasteiger charge is 2.33. The van der Waals surface area contributed by atoms with Crippen LogP contribution in [0.25, 0.3) is 11.0 Å². The van der Waals surface area contributed by atoms with Crippen molar-refractivity contribution >= 4 is 28.9 Å². The number of esters is 1. The molecule has 0 aromatic carbocycles. The summed E-state index contributed by atoms with van der Waals surface area (Å²) in [5.74, 6) is -1.60. The van der Waals surface area contributed by atoms with Gasteiger partial charge in [0.25, 0.3) is 0 Å². The van der Waals surface area contributed by atoms with Crippen molar-refractivity contribution in [2.75, 3.05) is 37.7 Å². The lowest BCUT2D eigenvalue weighted by molar-refractivity contribution is 0.0240. The third-order valence-electron chi connectivity index (χ3n) is 6.01. The van der Waals surface area contributed by atoms with E-state index >= 15 is 4.39 Å². The van der Waals surface area contributed by atoms with Gasteiger partial charge in [0.1, 0.15) is 16.8 Å². The van der Waals surface area contributed by atoms with Crippen molar-refractivity contribution in [1.82, 2.24) is 14.5 Å². The van der Waals surface area contributed by atoms with Crippen molar-refractivity contribution in [2.45, 2.75) is 58.8 Å². The molecule has 1 aliphatic heterocycles. The van der Waals surface area contributed by atoms with E-state index in [0.29, 0.717) is 26.2 Å². The van der Waals surface area contributed by atoms with E-state index in [1.54, 1.807) is 42.1 Å². The van der Waals surface area contributed by atoms with E-state index in [9.17, 15) is 19.5 Å². The topological polar surface area (TPSA) is 114 Å². The monoisotopic (exact) mass is 490 g/mol. The molecule has 2 fully saturated rings. The predicted molar refractivity (Wildman–Crippen MR) is 126 cm³/mol. The maximum atomic E-state index is 15.6. The van der Waals surface area contributed by atoms with Gasteiger partial charge in [0, 0.05) is 44.0 Å². The van der Waals surface area contributed by atoms with Crippen LogP contribution >= 0.6 is 0 Å². The molecular weight excluding hydrogens is 459 g/mol. The first kappa shape index (κ1) is 24.9. The number of hydrogen-bond donors (Lipinski definition) is 1. The fraction of sp³-hybridized carbons (Fsp3) is 0.583. The van der Waals surface area contributed by atoms with Crippen LogP contribution in [0.5, 0.6) is 0 Å². The van der Waals surface area contributed by atoms with Crippen LogP contribution in [-0.4, -0.2) is 70.0 Å². The largest absolute Gasteiger partial charge is 0.462 e. The van der Waals surface area contributed by atoms with Crippen molar-refractivity contribution in [3.63, 3.8) is 0 Å². The summed E-state index contributed by atoms with van der Waals surface area (Å²) in [4.78, 5) is 45.7. The predicted octanol–water partition coefficient (Wildman–Crippen LogP) is 2.60. The maximum Gasteiger partial charge on any atom is 0.410 e. The standard InChI is InChI=1S/C24H31FN4O6/c1-5-34-22(32)15-12-29(14-6-7-14)20-17(19(15)31)16(13-30)18(25)21(26-20)27-8-10-28(11-9-27)23(33)35-24(2,3)4/h12,14,30H,5-11,13H2,1-4H3. The van der Waals surface area contributed by atoms with Crippen molar-refractivity contribution in [2.24, 2.45) is 0 Å². The third kappa shape index (κ3) is 4.95. The van der Waals surface area contributed by atoms with E-state index in [-0.39, 0.29) is 40.6 Å². The number of pyridine rings is 2. The quantitative estimate of drug-likeness (QED) is 0.637. The third-order valence-corrected chi connectivity index (χ3v) is 6.01. The molecule has 10 nitrogen and oxygen atoms in total. The zero-order valence-corrected chi connectivity index (χ0v) is 20.5. The highest BCUT2D eigenvalue weighted by Crippen LogP contribution is 2.38. The van der Waals surface area contributed by atoms with Gasteiger partial charge in [-0.25, -0.2) is 19.0 Å². The number of carbonyl (C=O) groups excluding carboxylic acids is 2. The van der Waals surface area contributed by atoms with Gasteiger partial charge in [0.15, 0.2) is 11.6 Å². The van der Waals surface area contributed by atoms with Crippen LogP contribution in [0.4, 0.5) is 15.0 Å². The molecule has 1 amide bonds. The van der Waals surface area contributed by atoms with Crippen LogP contribution in [0.3, 0.4) is 0 Å². The summed E-state index contributed by atoms with van der Waals surface area (Å²) < 4.78 is 27.8. The molecule has 0 bridgehead atoms. The molecule has 2 aromatic rings. The van der Waals surface area contributed by atoms with E-state index in [1.165, 1.54) is 6.20 Å². The number of aliphatic hydroxyl groups is 1. The molecular formula is C24H31FN4O6. The molecule has 0 radical (unpaired) electrons. The van der Waals surface area contributed by atoms with Crippen molar-refractivity contribution < 1.29 is 28.6 Å². The molecule has 0 atom stereocenters. The van der Waals surface area contributed by atoms with E-state index in [2.05, 4.69) is 4.98 Å². The van der Waals surface area contributed by atoms with Crippen LogP contribution < -0.4 is 10.3 Å². The summed E-state index contributed by atoms with van der Waals surface area (Å²) in [6, 6.07) is 0.0210. The maximum absolute atomic E-state index is 15.6. The molecule has 1 aliphatic carbocycles. The average Bonchev–Trinajstić information content (AvgIpc) is 3.63. The smallest absolute Gasteiger partial charge is 0.410 e. The Morgan fingerprint density at radius 3 is 2.40 bits per heavy atom. The zero-order valence-electron chi connectivity index (χ0n) is 20.5. The number of aliphatic hydroxyl groups excluding tert-OH is 1. The van der Waals surface area contributed by atoms with E-state index in [1.807, 2.05) is 0 Å². The van der Waals surface area contributed by atoms with Gasteiger partial charge in [-0.1, -0.05) is 0 Å².